The number of rotatable bonds is 8. The van der Waals surface area contributed by atoms with E-state index < -0.39 is 17.9 Å². The van der Waals surface area contributed by atoms with Crippen LogP contribution in [-0.2, 0) is 20.9 Å². The van der Waals surface area contributed by atoms with E-state index in [0.29, 0.717) is 13.0 Å². The van der Waals surface area contributed by atoms with Gasteiger partial charge in [-0.25, -0.2) is 4.79 Å². The van der Waals surface area contributed by atoms with Crippen molar-refractivity contribution < 1.29 is 19.4 Å². The molecule has 0 spiro atoms. The van der Waals surface area contributed by atoms with Gasteiger partial charge < -0.3 is 15.2 Å². The number of hydrogen-bond acceptors (Lipinski definition) is 3. The van der Waals surface area contributed by atoms with Crippen molar-refractivity contribution >= 4 is 11.9 Å². The second kappa shape index (κ2) is 8.32. The van der Waals surface area contributed by atoms with E-state index in [0.717, 1.165) is 5.56 Å². The van der Waals surface area contributed by atoms with E-state index in [9.17, 15) is 9.59 Å². The summed E-state index contributed by atoms with van der Waals surface area (Å²) in [5.41, 5.74) is 0.969. The number of amides is 1. The Balaban J connectivity index is 2.37. The van der Waals surface area contributed by atoms with Gasteiger partial charge in [0.15, 0.2) is 0 Å². The van der Waals surface area contributed by atoms with Crippen LogP contribution in [0.3, 0.4) is 0 Å². The van der Waals surface area contributed by atoms with Crippen molar-refractivity contribution in [2.45, 2.75) is 32.9 Å². The Kier molecular flexibility index (Phi) is 6.73. The summed E-state index contributed by atoms with van der Waals surface area (Å²) >= 11 is 0. The van der Waals surface area contributed by atoms with Crippen LogP contribution in [0.4, 0.5) is 0 Å². The maximum absolute atomic E-state index is 11.7. The predicted molar refractivity (Wildman–Crippen MR) is 75.1 cm³/mol. The van der Waals surface area contributed by atoms with Gasteiger partial charge in [0.2, 0.25) is 5.91 Å². The first kappa shape index (κ1) is 16.2. The van der Waals surface area contributed by atoms with Gasteiger partial charge in [0.05, 0.1) is 6.61 Å². The molecule has 0 radical (unpaired) electrons. The van der Waals surface area contributed by atoms with Crippen molar-refractivity contribution in [2.24, 2.45) is 5.92 Å². The summed E-state index contributed by atoms with van der Waals surface area (Å²) in [4.78, 5) is 22.7. The van der Waals surface area contributed by atoms with Gasteiger partial charge in [-0.2, -0.15) is 0 Å². The molecule has 0 aliphatic heterocycles. The molecule has 1 aromatic rings. The molecular weight excluding hydrogens is 258 g/mol. The second-order valence-corrected chi connectivity index (χ2v) is 4.75. The van der Waals surface area contributed by atoms with Crippen molar-refractivity contribution in [1.82, 2.24) is 5.32 Å². The topological polar surface area (TPSA) is 75.6 Å². The third-order valence-electron chi connectivity index (χ3n) is 3.14. The lowest BCUT2D eigenvalue weighted by atomic mass is 9.99. The highest BCUT2D eigenvalue weighted by atomic mass is 16.5. The molecule has 2 atom stereocenters. The quantitative estimate of drug-likeness (QED) is 0.761. The molecule has 0 bridgehead atoms. The molecule has 1 amide bonds. The average Bonchev–Trinajstić information content (AvgIpc) is 2.45. The van der Waals surface area contributed by atoms with Crippen molar-refractivity contribution in [1.29, 1.82) is 0 Å². The fourth-order valence-corrected chi connectivity index (χ4v) is 1.73. The average molecular weight is 279 g/mol. The first-order valence-corrected chi connectivity index (χ1v) is 6.68. The molecule has 1 rings (SSSR count). The molecule has 110 valence electrons. The molecule has 0 unspecified atom stereocenters. The molecule has 0 heterocycles. The SMILES string of the molecule is CC[C@@H](C)[C@H](NC(=O)COCc1ccccc1)C(=O)O. The number of carboxylic acid groups (broad SMARTS) is 1. The highest BCUT2D eigenvalue weighted by Crippen LogP contribution is 2.08. The molecule has 20 heavy (non-hydrogen) atoms. The van der Waals surface area contributed by atoms with Crippen LogP contribution < -0.4 is 5.32 Å². The third-order valence-corrected chi connectivity index (χ3v) is 3.14. The summed E-state index contributed by atoms with van der Waals surface area (Å²) in [5, 5.41) is 11.6. The summed E-state index contributed by atoms with van der Waals surface area (Å²) in [6.45, 7) is 3.87. The van der Waals surface area contributed by atoms with Crippen LogP contribution >= 0.6 is 0 Å². The van der Waals surface area contributed by atoms with E-state index in [1.165, 1.54) is 0 Å². The van der Waals surface area contributed by atoms with Crippen LogP contribution in [0, 0.1) is 5.92 Å². The predicted octanol–water partition coefficient (Wildman–Crippen LogP) is 1.82. The zero-order chi connectivity index (χ0) is 15.0. The molecule has 0 aromatic heterocycles. The number of ether oxygens (including phenoxy) is 1. The molecule has 1 aromatic carbocycles. The molecule has 0 aliphatic rings. The summed E-state index contributed by atoms with van der Waals surface area (Å²) in [6, 6.07) is 8.62. The molecule has 0 saturated heterocycles. The van der Waals surface area contributed by atoms with Gasteiger partial charge in [-0.1, -0.05) is 50.6 Å². The Morgan fingerprint density at radius 3 is 2.50 bits per heavy atom. The van der Waals surface area contributed by atoms with Crippen molar-refractivity contribution in [3.63, 3.8) is 0 Å². The zero-order valence-electron chi connectivity index (χ0n) is 11.8. The molecule has 0 saturated carbocycles. The lowest BCUT2D eigenvalue weighted by Crippen LogP contribution is -2.46. The van der Waals surface area contributed by atoms with E-state index in [-0.39, 0.29) is 12.5 Å². The summed E-state index contributed by atoms with van der Waals surface area (Å²) in [7, 11) is 0. The summed E-state index contributed by atoms with van der Waals surface area (Å²) < 4.78 is 5.27. The van der Waals surface area contributed by atoms with E-state index in [2.05, 4.69) is 5.32 Å². The minimum absolute atomic E-state index is 0.120. The van der Waals surface area contributed by atoms with Gasteiger partial charge in [-0.3, -0.25) is 4.79 Å². The van der Waals surface area contributed by atoms with Crippen molar-refractivity contribution in [2.75, 3.05) is 6.61 Å². The number of carbonyl (C=O) groups is 2. The van der Waals surface area contributed by atoms with Crippen LogP contribution in [0.25, 0.3) is 0 Å². The smallest absolute Gasteiger partial charge is 0.326 e. The number of carbonyl (C=O) groups excluding carboxylic acids is 1. The molecule has 5 heteroatoms. The van der Waals surface area contributed by atoms with Crippen LogP contribution in [0.1, 0.15) is 25.8 Å². The largest absolute Gasteiger partial charge is 0.480 e. The van der Waals surface area contributed by atoms with E-state index in [4.69, 9.17) is 9.84 Å². The number of aliphatic carboxylic acids is 1. The molecule has 0 aliphatic carbocycles. The lowest BCUT2D eigenvalue weighted by Gasteiger charge is -2.20. The molecule has 5 nitrogen and oxygen atoms in total. The first-order chi connectivity index (χ1) is 9.54. The normalized spacial score (nSPS) is 13.5. The first-order valence-electron chi connectivity index (χ1n) is 6.68. The number of benzene rings is 1. The lowest BCUT2D eigenvalue weighted by molar-refractivity contribution is -0.144. The maximum atomic E-state index is 11.7. The maximum Gasteiger partial charge on any atom is 0.326 e. The van der Waals surface area contributed by atoms with Gasteiger partial charge in [0.1, 0.15) is 12.6 Å². The van der Waals surface area contributed by atoms with Crippen LogP contribution in [0.15, 0.2) is 30.3 Å². The van der Waals surface area contributed by atoms with E-state index in [1.54, 1.807) is 6.92 Å². The van der Waals surface area contributed by atoms with Gasteiger partial charge >= 0.3 is 5.97 Å². The Morgan fingerprint density at radius 2 is 1.95 bits per heavy atom. The minimum atomic E-state index is -1.02. The Morgan fingerprint density at radius 1 is 1.30 bits per heavy atom. The second-order valence-electron chi connectivity index (χ2n) is 4.75. The molecule has 2 N–H and O–H groups in total. The summed E-state index contributed by atoms with van der Waals surface area (Å²) in [6.07, 6.45) is 0.683. The standard InChI is InChI=1S/C15H21NO4/c1-3-11(2)14(15(18)19)16-13(17)10-20-9-12-7-5-4-6-8-12/h4-8,11,14H,3,9-10H2,1-2H3,(H,16,17)(H,18,19)/t11-,14+/m1/s1. The van der Waals surface area contributed by atoms with Gasteiger partial charge in [0.25, 0.3) is 0 Å². The Labute approximate surface area is 118 Å². The fourth-order valence-electron chi connectivity index (χ4n) is 1.73. The third kappa shape index (κ3) is 5.40. The molecular formula is C15H21NO4. The minimum Gasteiger partial charge on any atom is -0.480 e. The molecule has 0 fully saturated rings. The van der Waals surface area contributed by atoms with Gasteiger partial charge in [0, 0.05) is 0 Å². The highest BCUT2D eigenvalue weighted by Gasteiger charge is 2.25. The van der Waals surface area contributed by atoms with Gasteiger partial charge in [-0.05, 0) is 11.5 Å². The van der Waals surface area contributed by atoms with Gasteiger partial charge in [-0.15, -0.1) is 0 Å². The Hall–Kier alpha value is -1.88. The van der Waals surface area contributed by atoms with Crippen molar-refractivity contribution in [3.8, 4) is 0 Å². The Bertz CT molecular complexity index is 433. The van der Waals surface area contributed by atoms with Crippen LogP contribution in [-0.4, -0.2) is 29.6 Å². The van der Waals surface area contributed by atoms with E-state index >= 15 is 0 Å². The zero-order valence-corrected chi connectivity index (χ0v) is 11.8. The highest BCUT2D eigenvalue weighted by molar-refractivity contribution is 5.84. The van der Waals surface area contributed by atoms with Crippen LogP contribution in [0.5, 0.6) is 0 Å². The van der Waals surface area contributed by atoms with Crippen LogP contribution in [0.2, 0.25) is 0 Å². The summed E-state index contributed by atoms with van der Waals surface area (Å²) in [5.74, 6) is -1.55. The number of carboxylic acids is 1. The number of nitrogens with one attached hydrogen (secondary N) is 1. The number of hydrogen-bond donors (Lipinski definition) is 2. The fraction of sp³-hybridized carbons (Fsp3) is 0.467. The monoisotopic (exact) mass is 279 g/mol. The van der Waals surface area contributed by atoms with E-state index in [1.807, 2.05) is 37.3 Å². The van der Waals surface area contributed by atoms with Crippen molar-refractivity contribution in [3.05, 3.63) is 35.9 Å².